The third kappa shape index (κ3) is 4.74. The third-order valence-corrected chi connectivity index (χ3v) is 6.31. The number of rotatable bonds is 8. The minimum atomic E-state index is -1.05. The topological polar surface area (TPSA) is 64.4 Å². The first kappa shape index (κ1) is 22.9. The molecule has 0 atom stereocenters. The maximum atomic E-state index is 11.3. The van der Waals surface area contributed by atoms with Gasteiger partial charge in [0.15, 0.2) is 0 Å². The van der Waals surface area contributed by atoms with Gasteiger partial charge in [-0.15, -0.1) is 0 Å². The van der Waals surface area contributed by atoms with E-state index in [9.17, 15) is 9.90 Å². The van der Waals surface area contributed by atoms with Gasteiger partial charge in [-0.2, -0.15) is 0 Å². The van der Waals surface area contributed by atoms with Crippen molar-refractivity contribution < 1.29 is 14.6 Å². The molecule has 0 saturated heterocycles. The predicted octanol–water partition coefficient (Wildman–Crippen LogP) is 6.45. The molecule has 33 heavy (non-hydrogen) atoms. The van der Waals surface area contributed by atoms with E-state index in [4.69, 9.17) is 21.3 Å². The number of carboxylic acids is 1. The summed E-state index contributed by atoms with van der Waals surface area (Å²) in [4.78, 5) is 16.2. The summed E-state index contributed by atoms with van der Waals surface area (Å²) in [5.74, 6) is 0.728. The number of aryl methyl sites for hydroxylation is 3. The van der Waals surface area contributed by atoms with E-state index >= 15 is 0 Å². The van der Waals surface area contributed by atoms with Crippen LogP contribution in [0.15, 0.2) is 54.6 Å². The molecule has 3 aromatic carbocycles. The molecule has 0 radical (unpaired) electrons. The monoisotopic (exact) mass is 462 g/mol. The lowest BCUT2D eigenvalue weighted by Crippen LogP contribution is -2.05. The highest BCUT2D eigenvalue weighted by atomic mass is 35.5. The number of halogens is 1. The van der Waals surface area contributed by atoms with Gasteiger partial charge in [0.1, 0.15) is 18.2 Å². The number of carbonyl (C=O) groups is 1. The number of aromatic nitrogens is 2. The molecule has 0 bridgehead atoms. The zero-order chi connectivity index (χ0) is 23.5. The van der Waals surface area contributed by atoms with E-state index in [-0.39, 0.29) is 17.2 Å². The quantitative estimate of drug-likeness (QED) is 0.327. The molecule has 1 N–H and O–H groups in total. The largest absolute Gasteiger partial charge is 0.489 e. The van der Waals surface area contributed by atoms with Crippen molar-refractivity contribution in [1.29, 1.82) is 0 Å². The summed E-state index contributed by atoms with van der Waals surface area (Å²) >= 11 is 6.21. The molecule has 4 rings (SSSR count). The zero-order valence-corrected chi connectivity index (χ0v) is 19.8. The maximum absolute atomic E-state index is 11.3. The summed E-state index contributed by atoms with van der Waals surface area (Å²) in [6.45, 7) is 7.39. The fourth-order valence-corrected chi connectivity index (χ4v) is 4.40. The second-order valence-electron chi connectivity index (χ2n) is 8.12. The van der Waals surface area contributed by atoms with Crippen molar-refractivity contribution in [3.63, 3.8) is 0 Å². The highest BCUT2D eigenvalue weighted by Crippen LogP contribution is 2.26. The molecular formula is C27H27ClN2O3. The molecule has 0 saturated carbocycles. The van der Waals surface area contributed by atoms with Crippen molar-refractivity contribution in [2.45, 2.75) is 46.8 Å². The summed E-state index contributed by atoms with van der Waals surface area (Å²) in [6, 6.07) is 17.3. The van der Waals surface area contributed by atoms with Gasteiger partial charge in [0.25, 0.3) is 0 Å². The van der Waals surface area contributed by atoms with Gasteiger partial charge in [0.05, 0.1) is 21.6 Å². The molecule has 0 amide bonds. The van der Waals surface area contributed by atoms with Crippen molar-refractivity contribution in [3.05, 3.63) is 93.3 Å². The Balaban J connectivity index is 1.52. The Bertz CT molecular complexity index is 1310. The number of fused-ring (bicyclic) bond motifs is 1. The van der Waals surface area contributed by atoms with E-state index in [2.05, 4.69) is 37.5 Å². The highest BCUT2D eigenvalue weighted by Gasteiger charge is 2.14. The number of aromatic carboxylic acids is 1. The molecule has 6 heteroatoms. The fraction of sp³-hybridized carbons (Fsp3) is 0.259. The SMILES string of the molecule is CCc1cc(C)c2c(c1)nc(CC)n2Cc1ccc(OCc2cccc(C(=O)O)c2Cl)cc1. The lowest BCUT2D eigenvalue weighted by Gasteiger charge is -2.12. The molecule has 0 aliphatic heterocycles. The number of hydrogen-bond donors (Lipinski definition) is 1. The average molecular weight is 463 g/mol. The molecule has 0 fully saturated rings. The molecule has 1 aromatic heterocycles. The Hall–Kier alpha value is -3.31. The van der Waals surface area contributed by atoms with E-state index in [0.29, 0.717) is 11.3 Å². The summed E-state index contributed by atoms with van der Waals surface area (Å²) < 4.78 is 8.16. The van der Waals surface area contributed by atoms with E-state index in [1.54, 1.807) is 12.1 Å². The van der Waals surface area contributed by atoms with Crippen LogP contribution in [-0.2, 0) is 26.0 Å². The highest BCUT2D eigenvalue weighted by molar-refractivity contribution is 6.34. The van der Waals surface area contributed by atoms with Crippen LogP contribution in [0.2, 0.25) is 5.02 Å². The number of carboxylic acid groups (broad SMARTS) is 1. The van der Waals surface area contributed by atoms with E-state index in [0.717, 1.165) is 36.3 Å². The zero-order valence-electron chi connectivity index (χ0n) is 19.1. The van der Waals surface area contributed by atoms with Crippen LogP contribution in [0.5, 0.6) is 5.75 Å². The summed E-state index contributed by atoms with van der Waals surface area (Å²) in [7, 11) is 0. The van der Waals surface area contributed by atoms with E-state index < -0.39 is 5.97 Å². The van der Waals surface area contributed by atoms with Crippen molar-refractivity contribution in [2.75, 3.05) is 0 Å². The Kier molecular flexibility index (Phi) is 6.70. The summed E-state index contributed by atoms with van der Waals surface area (Å²) in [5.41, 5.74) is 6.68. The minimum absolute atomic E-state index is 0.0775. The van der Waals surface area contributed by atoms with Gasteiger partial charge in [0.2, 0.25) is 0 Å². The van der Waals surface area contributed by atoms with Crippen LogP contribution in [0.1, 0.15) is 52.3 Å². The van der Waals surface area contributed by atoms with Crippen LogP contribution in [0, 0.1) is 6.92 Å². The number of hydrogen-bond acceptors (Lipinski definition) is 3. The number of ether oxygens (including phenoxy) is 1. The van der Waals surface area contributed by atoms with Crippen molar-refractivity contribution in [1.82, 2.24) is 9.55 Å². The normalized spacial score (nSPS) is 11.2. The number of benzene rings is 3. The molecule has 0 unspecified atom stereocenters. The molecule has 170 valence electrons. The van der Waals surface area contributed by atoms with Crippen LogP contribution in [0.4, 0.5) is 0 Å². The lowest BCUT2D eigenvalue weighted by atomic mass is 10.1. The molecule has 0 aliphatic rings. The molecule has 5 nitrogen and oxygen atoms in total. The molecule has 4 aromatic rings. The van der Waals surface area contributed by atoms with Crippen LogP contribution < -0.4 is 4.74 Å². The fourth-order valence-electron chi connectivity index (χ4n) is 4.13. The third-order valence-electron chi connectivity index (χ3n) is 5.86. The van der Waals surface area contributed by atoms with Gasteiger partial charge in [-0.1, -0.05) is 55.8 Å². The molecule has 0 aliphatic carbocycles. The summed E-state index contributed by atoms with van der Waals surface area (Å²) in [5, 5.41) is 9.44. The van der Waals surface area contributed by atoms with Gasteiger partial charge >= 0.3 is 5.97 Å². The van der Waals surface area contributed by atoms with Crippen molar-refractivity contribution in [3.8, 4) is 5.75 Å². The van der Waals surface area contributed by atoms with Crippen molar-refractivity contribution in [2.24, 2.45) is 0 Å². The van der Waals surface area contributed by atoms with Crippen LogP contribution in [-0.4, -0.2) is 20.6 Å². The first-order valence-corrected chi connectivity index (χ1v) is 11.5. The Morgan fingerprint density at radius 2 is 1.82 bits per heavy atom. The maximum Gasteiger partial charge on any atom is 0.337 e. The smallest absolute Gasteiger partial charge is 0.337 e. The molecular weight excluding hydrogens is 436 g/mol. The van der Waals surface area contributed by atoms with Gasteiger partial charge in [-0.05, 0) is 54.3 Å². The molecule has 0 spiro atoms. The van der Waals surface area contributed by atoms with Gasteiger partial charge in [0, 0.05) is 18.5 Å². The van der Waals surface area contributed by atoms with Gasteiger partial charge in [-0.25, -0.2) is 9.78 Å². The minimum Gasteiger partial charge on any atom is -0.489 e. The Morgan fingerprint density at radius 1 is 1.06 bits per heavy atom. The summed E-state index contributed by atoms with van der Waals surface area (Å²) in [6.07, 6.45) is 1.87. The second kappa shape index (κ2) is 9.67. The van der Waals surface area contributed by atoms with Gasteiger partial charge in [-0.3, -0.25) is 0 Å². The lowest BCUT2D eigenvalue weighted by molar-refractivity contribution is 0.0697. The Morgan fingerprint density at radius 3 is 2.48 bits per heavy atom. The number of nitrogens with zero attached hydrogens (tertiary/aromatic N) is 2. The average Bonchev–Trinajstić information content (AvgIpc) is 3.16. The number of imidazole rings is 1. The first-order chi connectivity index (χ1) is 15.9. The molecule has 1 heterocycles. The van der Waals surface area contributed by atoms with E-state index in [1.165, 1.54) is 22.7 Å². The van der Waals surface area contributed by atoms with Crippen molar-refractivity contribution >= 4 is 28.6 Å². The van der Waals surface area contributed by atoms with Crippen LogP contribution >= 0.6 is 11.6 Å². The predicted molar refractivity (Wildman–Crippen MR) is 132 cm³/mol. The van der Waals surface area contributed by atoms with Crippen LogP contribution in [0.25, 0.3) is 11.0 Å². The second-order valence-corrected chi connectivity index (χ2v) is 8.50. The van der Waals surface area contributed by atoms with Crippen LogP contribution in [0.3, 0.4) is 0 Å². The van der Waals surface area contributed by atoms with E-state index in [1.807, 2.05) is 24.3 Å². The Labute approximate surface area is 198 Å². The first-order valence-electron chi connectivity index (χ1n) is 11.1. The standard InChI is InChI=1S/C27H27ClN2O3/c1-4-18-13-17(3)26-23(14-18)29-24(5-2)30(26)15-19-9-11-21(12-10-19)33-16-20-7-6-8-22(25(20)28)27(31)32/h6-14H,4-5,15-16H2,1-3H3,(H,31,32). The van der Waals surface area contributed by atoms with Gasteiger partial charge < -0.3 is 14.4 Å².